The maximum Gasteiger partial charge on any atom is 0.196 e. The highest BCUT2D eigenvalue weighted by Gasteiger charge is 2.11. The Kier molecular flexibility index (Phi) is 2.85. The SMILES string of the molecule is CCc1cc(CC)n(-c2nccnc2N)n1. The Morgan fingerprint density at radius 2 is 1.94 bits per heavy atom. The molecule has 0 spiro atoms. The van der Waals surface area contributed by atoms with Gasteiger partial charge in [0, 0.05) is 18.1 Å². The predicted molar refractivity (Wildman–Crippen MR) is 62.3 cm³/mol. The molecule has 16 heavy (non-hydrogen) atoms. The van der Waals surface area contributed by atoms with Crippen molar-refractivity contribution in [1.29, 1.82) is 0 Å². The monoisotopic (exact) mass is 217 g/mol. The Morgan fingerprint density at radius 1 is 1.19 bits per heavy atom. The maximum atomic E-state index is 5.79. The normalized spacial score (nSPS) is 10.6. The Bertz CT molecular complexity index is 489. The van der Waals surface area contributed by atoms with Crippen LogP contribution in [0.1, 0.15) is 25.2 Å². The van der Waals surface area contributed by atoms with E-state index in [-0.39, 0.29) is 0 Å². The van der Waals surface area contributed by atoms with Gasteiger partial charge < -0.3 is 5.73 Å². The van der Waals surface area contributed by atoms with Crippen molar-refractivity contribution in [3.63, 3.8) is 0 Å². The third-order valence-corrected chi connectivity index (χ3v) is 2.47. The summed E-state index contributed by atoms with van der Waals surface area (Å²) in [5.41, 5.74) is 7.94. The summed E-state index contributed by atoms with van der Waals surface area (Å²) >= 11 is 0. The van der Waals surface area contributed by atoms with Crippen molar-refractivity contribution < 1.29 is 0 Å². The van der Waals surface area contributed by atoms with E-state index in [1.807, 2.05) is 0 Å². The summed E-state index contributed by atoms with van der Waals surface area (Å²) in [6.45, 7) is 4.16. The number of aromatic nitrogens is 4. The minimum atomic E-state index is 0.406. The molecule has 84 valence electrons. The second-order valence-corrected chi connectivity index (χ2v) is 3.51. The van der Waals surface area contributed by atoms with Crippen molar-refractivity contribution >= 4 is 5.82 Å². The van der Waals surface area contributed by atoms with Crippen molar-refractivity contribution in [2.45, 2.75) is 26.7 Å². The van der Waals surface area contributed by atoms with Crippen LogP contribution in [0.25, 0.3) is 5.82 Å². The Balaban J connectivity index is 2.54. The van der Waals surface area contributed by atoms with E-state index in [2.05, 4.69) is 35.0 Å². The van der Waals surface area contributed by atoms with E-state index in [0.29, 0.717) is 11.6 Å². The van der Waals surface area contributed by atoms with Crippen molar-refractivity contribution in [3.8, 4) is 5.82 Å². The van der Waals surface area contributed by atoms with E-state index < -0.39 is 0 Å². The molecular formula is C11H15N5. The average Bonchev–Trinajstić information content (AvgIpc) is 2.72. The van der Waals surface area contributed by atoms with E-state index >= 15 is 0 Å². The molecule has 2 aromatic rings. The minimum absolute atomic E-state index is 0.406. The fourth-order valence-corrected chi connectivity index (χ4v) is 1.59. The number of hydrogen-bond acceptors (Lipinski definition) is 4. The summed E-state index contributed by atoms with van der Waals surface area (Å²) in [4.78, 5) is 8.24. The third-order valence-electron chi connectivity index (χ3n) is 2.47. The zero-order chi connectivity index (χ0) is 11.5. The number of aryl methyl sites for hydroxylation is 2. The Hall–Kier alpha value is -1.91. The number of hydrogen-bond donors (Lipinski definition) is 1. The molecule has 2 rings (SSSR count). The second kappa shape index (κ2) is 4.30. The van der Waals surface area contributed by atoms with Crippen LogP contribution in [0.4, 0.5) is 5.82 Å². The van der Waals surface area contributed by atoms with Crippen LogP contribution >= 0.6 is 0 Å². The molecule has 0 aliphatic rings. The molecule has 0 bridgehead atoms. The van der Waals surface area contributed by atoms with Gasteiger partial charge in [0.1, 0.15) is 0 Å². The lowest BCUT2D eigenvalue weighted by Crippen LogP contribution is -2.08. The molecule has 0 aromatic carbocycles. The van der Waals surface area contributed by atoms with Gasteiger partial charge in [-0.05, 0) is 18.9 Å². The van der Waals surface area contributed by atoms with E-state index in [9.17, 15) is 0 Å². The molecule has 0 aliphatic carbocycles. The van der Waals surface area contributed by atoms with Crippen LogP contribution in [0.5, 0.6) is 0 Å². The highest BCUT2D eigenvalue weighted by Crippen LogP contribution is 2.15. The summed E-state index contributed by atoms with van der Waals surface area (Å²) in [6.07, 6.45) is 5.00. The Labute approximate surface area is 94.3 Å². The zero-order valence-electron chi connectivity index (χ0n) is 9.51. The highest BCUT2D eigenvalue weighted by atomic mass is 15.3. The van der Waals surface area contributed by atoms with Crippen LogP contribution in [0.3, 0.4) is 0 Å². The smallest absolute Gasteiger partial charge is 0.196 e. The fourth-order valence-electron chi connectivity index (χ4n) is 1.59. The largest absolute Gasteiger partial charge is 0.381 e. The van der Waals surface area contributed by atoms with Gasteiger partial charge in [-0.25, -0.2) is 14.6 Å². The standard InChI is InChI=1S/C11H15N5/c1-3-8-7-9(4-2)16(15-8)11-10(12)13-5-6-14-11/h5-7H,3-4H2,1-2H3,(H2,12,13). The zero-order valence-corrected chi connectivity index (χ0v) is 9.51. The lowest BCUT2D eigenvalue weighted by molar-refractivity contribution is 0.770. The molecule has 0 saturated heterocycles. The van der Waals surface area contributed by atoms with Gasteiger partial charge in [0.15, 0.2) is 11.6 Å². The third kappa shape index (κ3) is 1.76. The molecule has 2 heterocycles. The molecule has 0 aliphatic heterocycles. The van der Waals surface area contributed by atoms with E-state index in [1.165, 1.54) is 0 Å². The molecule has 5 nitrogen and oxygen atoms in total. The van der Waals surface area contributed by atoms with E-state index in [0.717, 1.165) is 24.2 Å². The molecular weight excluding hydrogens is 202 g/mol. The van der Waals surface area contributed by atoms with Gasteiger partial charge in [-0.2, -0.15) is 5.10 Å². The van der Waals surface area contributed by atoms with Gasteiger partial charge in [-0.1, -0.05) is 13.8 Å². The maximum absolute atomic E-state index is 5.79. The highest BCUT2D eigenvalue weighted by molar-refractivity contribution is 5.46. The molecule has 0 amide bonds. The summed E-state index contributed by atoms with van der Waals surface area (Å²) in [5, 5.41) is 4.46. The van der Waals surface area contributed by atoms with Gasteiger partial charge >= 0.3 is 0 Å². The van der Waals surface area contributed by atoms with Crippen LogP contribution in [-0.4, -0.2) is 19.7 Å². The number of nitrogen functional groups attached to an aromatic ring is 1. The number of anilines is 1. The summed E-state index contributed by atoms with van der Waals surface area (Å²) in [6, 6.07) is 2.08. The quantitative estimate of drug-likeness (QED) is 0.843. The molecule has 0 atom stereocenters. The van der Waals surface area contributed by atoms with Crippen LogP contribution < -0.4 is 5.73 Å². The molecule has 0 radical (unpaired) electrons. The van der Waals surface area contributed by atoms with Gasteiger partial charge in [0.25, 0.3) is 0 Å². The first-order valence-corrected chi connectivity index (χ1v) is 5.41. The molecule has 0 saturated carbocycles. The van der Waals surface area contributed by atoms with Crippen molar-refractivity contribution in [2.75, 3.05) is 5.73 Å². The van der Waals surface area contributed by atoms with Gasteiger partial charge in [0.05, 0.1) is 5.69 Å². The Morgan fingerprint density at radius 3 is 2.56 bits per heavy atom. The second-order valence-electron chi connectivity index (χ2n) is 3.51. The van der Waals surface area contributed by atoms with Crippen LogP contribution in [0.15, 0.2) is 18.5 Å². The van der Waals surface area contributed by atoms with Gasteiger partial charge in [-0.3, -0.25) is 0 Å². The molecule has 0 fully saturated rings. The van der Waals surface area contributed by atoms with Crippen molar-refractivity contribution in [1.82, 2.24) is 19.7 Å². The summed E-state index contributed by atoms with van der Waals surface area (Å²) in [7, 11) is 0. The van der Waals surface area contributed by atoms with Crippen LogP contribution in [0.2, 0.25) is 0 Å². The summed E-state index contributed by atoms with van der Waals surface area (Å²) < 4.78 is 1.78. The number of nitrogens with two attached hydrogens (primary N) is 1. The van der Waals surface area contributed by atoms with Crippen molar-refractivity contribution in [3.05, 3.63) is 29.8 Å². The van der Waals surface area contributed by atoms with Gasteiger partial charge in [-0.15, -0.1) is 0 Å². The first kappa shape index (κ1) is 10.6. The van der Waals surface area contributed by atoms with Crippen molar-refractivity contribution in [2.24, 2.45) is 0 Å². The predicted octanol–water partition coefficient (Wildman–Crippen LogP) is 1.37. The molecule has 2 aromatic heterocycles. The number of nitrogens with zero attached hydrogens (tertiary/aromatic N) is 4. The average molecular weight is 217 g/mol. The van der Waals surface area contributed by atoms with Crippen LogP contribution in [0, 0.1) is 0 Å². The lowest BCUT2D eigenvalue weighted by atomic mass is 10.2. The minimum Gasteiger partial charge on any atom is -0.381 e. The molecule has 2 N–H and O–H groups in total. The summed E-state index contributed by atoms with van der Waals surface area (Å²) in [5.74, 6) is 1.02. The van der Waals surface area contributed by atoms with Gasteiger partial charge in [0.2, 0.25) is 0 Å². The van der Waals surface area contributed by atoms with E-state index in [1.54, 1.807) is 17.1 Å². The topological polar surface area (TPSA) is 69.6 Å². The molecule has 0 unspecified atom stereocenters. The number of rotatable bonds is 3. The molecule has 5 heteroatoms. The lowest BCUT2D eigenvalue weighted by Gasteiger charge is -2.05. The van der Waals surface area contributed by atoms with Crippen LogP contribution in [-0.2, 0) is 12.8 Å². The first-order valence-electron chi connectivity index (χ1n) is 5.41. The van der Waals surface area contributed by atoms with E-state index in [4.69, 9.17) is 5.73 Å². The fraction of sp³-hybridized carbons (Fsp3) is 0.364. The first-order chi connectivity index (χ1) is 7.76.